The number of hydrogen-bond donors (Lipinski definition) is 1. The third-order valence-electron chi connectivity index (χ3n) is 2.59. The molecule has 1 rings (SSSR count). The third kappa shape index (κ3) is 3.68. The molecule has 0 saturated carbocycles. The molecule has 0 unspecified atom stereocenters. The van der Waals surface area contributed by atoms with E-state index >= 15 is 0 Å². The first-order valence-corrected chi connectivity index (χ1v) is 6.28. The van der Waals surface area contributed by atoms with Crippen molar-refractivity contribution in [3.05, 3.63) is 17.8 Å². The smallest absolute Gasteiger partial charge is 0.274 e. The van der Waals surface area contributed by atoms with Gasteiger partial charge >= 0.3 is 0 Å². The number of rotatable bonds is 5. The maximum atomic E-state index is 12.3. The second-order valence-corrected chi connectivity index (χ2v) is 5.00. The fourth-order valence-electron chi connectivity index (χ4n) is 1.65. The quantitative estimate of drug-likeness (QED) is 0.868. The lowest BCUT2D eigenvalue weighted by Gasteiger charge is -2.28. The average Bonchev–Trinajstić information content (AvgIpc) is 2.34. The van der Waals surface area contributed by atoms with Crippen LogP contribution in [0.4, 0.5) is 5.82 Å². The summed E-state index contributed by atoms with van der Waals surface area (Å²) in [5.41, 5.74) is 0.392. The van der Waals surface area contributed by atoms with Gasteiger partial charge in [0.25, 0.3) is 5.91 Å². The number of nitrogens with zero attached hydrogens (tertiary/aromatic N) is 3. The first kappa shape index (κ1) is 14.4. The van der Waals surface area contributed by atoms with E-state index in [2.05, 4.69) is 29.4 Å². The third-order valence-corrected chi connectivity index (χ3v) is 2.59. The van der Waals surface area contributed by atoms with Crippen LogP contribution in [0.1, 0.15) is 38.2 Å². The highest BCUT2D eigenvalue weighted by molar-refractivity contribution is 5.92. The van der Waals surface area contributed by atoms with Crippen LogP contribution in [-0.2, 0) is 0 Å². The maximum Gasteiger partial charge on any atom is 0.274 e. The Bertz CT molecular complexity index is 386. The van der Waals surface area contributed by atoms with Crippen LogP contribution in [0.5, 0.6) is 0 Å². The van der Waals surface area contributed by atoms with E-state index in [0.717, 1.165) is 6.54 Å². The molecule has 0 atom stereocenters. The predicted molar refractivity (Wildman–Crippen MR) is 72.6 cm³/mol. The first-order valence-electron chi connectivity index (χ1n) is 6.28. The summed E-state index contributed by atoms with van der Waals surface area (Å²) in [6.07, 6.45) is 0. The highest BCUT2D eigenvalue weighted by Gasteiger charge is 2.21. The van der Waals surface area contributed by atoms with Crippen molar-refractivity contribution in [2.45, 2.75) is 33.7 Å². The number of carbonyl (C=O) groups is 1. The van der Waals surface area contributed by atoms with Crippen LogP contribution in [0.2, 0.25) is 0 Å². The van der Waals surface area contributed by atoms with Crippen LogP contribution in [0.25, 0.3) is 0 Å². The van der Waals surface area contributed by atoms with Gasteiger partial charge in [-0.2, -0.15) is 0 Å². The second-order valence-electron chi connectivity index (χ2n) is 5.00. The fraction of sp³-hybridized carbons (Fsp3) is 0.615. The van der Waals surface area contributed by atoms with E-state index in [-0.39, 0.29) is 11.9 Å². The van der Waals surface area contributed by atoms with E-state index in [4.69, 9.17) is 0 Å². The van der Waals surface area contributed by atoms with Crippen LogP contribution >= 0.6 is 0 Å². The minimum atomic E-state index is -0.0612. The van der Waals surface area contributed by atoms with Gasteiger partial charge < -0.3 is 10.2 Å². The van der Waals surface area contributed by atoms with E-state index in [9.17, 15) is 4.79 Å². The lowest BCUT2D eigenvalue weighted by Crippen LogP contribution is -2.40. The standard InChI is InChI=1S/C13H22N4O/c1-9(2)8-17(10(3)4)13(18)11-6-7-12(14-5)16-15-11/h6-7,9-10H,8H2,1-5H3,(H,14,16). The van der Waals surface area contributed by atoms with Crippen LogP contribution in [0.15, 0.2) is 12.1 Å². The molecule has 1 aromatic heterocycles. The van der Waals surface area contributed by atoms with E-state index in [1.807, 2.05) is 18.7 Å². The summed E-state index contributed by atoms with van der Waals surface area (Å²) in [7, 11) is 1.77. The Morgan fingerprint density at radius 2 is 1.94 bits per heavy atom. The van der Waals surface area contributed by atoms with Gasteiger partial charge in [-0.25, -0.2) is 0 Å². The molecule has 0 aliphatic rings. The Labute approximate surface area is 109 Å². The van der Waals surface area contributed by atoms with Crippen LogP contribution in [0.3, 0.4) is 0 Å². The van der Waals surface area contributed by atoms with Gasteiger partial charge in [0, 0.05) is 19.6 Å². The van der Waals surface area contributed by atoms with Crippen molar-refractivity contribution in [3.8, 4) is 0 Å². The summed E-state index contributed by atoms with van der Waals surface area (Å²) in [5.74, 6) is 1.03. The summed E-state index contributed by atoms with van der Waals surface area (Å²) in [6, 6.07) is 3.62. The van der Waals surface area contributed by atoms with E-state index in [1.54, 1.807) is 19.2 Å². The zero-order valence-corrected chi connectivity index (χ0v) is 11.8. The molecule has 5 nitrogen and oxygen atoms in total. The van der Waals surface area contributed by atoms with Gasteiger partial charge in [0.1, 0.15) is 5.82 Å². The topological polar surface area (TPSA) is 58.1 Å². The molecule has 0 aromatic carbocycles. The van der Waals surface area contributed by atoms with Gasteiger partial charge in [-0.05, 0) is 31.9 Å². The highest BCUT2D eigenvalue weighted by Crippen LogP contribution is 2.10. The molecule has 18 heavy (non-hydrogen) atoms. The van der Waals surface area contributed by atoms with Gasteiger partial charge in [0.05, 0.1) is 0 Å². The van der Waals surface area contributed by atoms with Crippen molar-refractivity contribution in [2.24, 2.45) is 5.92 Å². The van der Waals surface area contributed by atoms with Gasteiger partial charge in [0.2, 0.25) is 0 Å². The van der Waals surface area contributed by atoms with Crippen molar-refractivity contribution in [3.63, 3.8) is 0 Å². The molecular formula is C13H22N4O. The molecule has 1 aromatic rings. The normalized spacial score (nSPS) is 10.8. The highest BCUT2D eigenvalue weighted by atomic mass is 16.2. The molecular weight excluding hydrogens is 228 g/mol. The molecule has 100 valence electrons. The van der Waals surface area contributed by atoms with Crippen LogP contribution in [-0.4, -0.2) is 40.6 Å². The summed E-state index contributed by atoms with van der Waals surface area (Å²) in [4.78, 5) is 14.2. The fourth-order valence-corrected chi connectivity index (χ4v) is 1.65. The number of nitrogens with one attached hydrogen (secondary N) is 1. The summed E-state index contributed by atoms with van der Waals surface area (Å²) in [6.45, 7) is 8.94. The van der Waals surface area contributed by atoms with E-state index in [1.165, 1.54) is 0 Å². The minimum absolute atomic E-state index is 0.0612. The molecule has 0 bridgehead atoms. The van der Waals surface area contributed by atoms with Gasteiger partial charge in [-0.1, -0.05) is 13.8 Å². The number of aromatic nitrogens is 2. The Hall–Kier alpha value is -1.65. The van der Waals surface area contributed by atoms with E-state index in [0.29, 0.717) is 17.4 Å². The van der Waals surface area contributed by atoms with Gasteiger partial charge in [-0.15, -0.1) is 10.2 Å². The summed E-state index contributed by atoms with van der Waals surface area (Å²) >= 11 is 0. The van der Waals surface area contributed by atoms with Crippen molar-refractivity contribution >= 4 is 11.7 Å². The molecule has 0 saturated heterocycles. The first-order chi connectivity index (χ1) is 8.45. The summed E-state index contributed by atoms with van der Waals surface area (Å²) in [5, 5.41) is 10.8. The number of anilines is 1. The van der Waals surface area contributed by atoms with Crippen LogP contribution in [0, 0.1) is 5.92 Å². The molecule has 5 heteroatoms. The van der Waals surface area contributed by atoms with Crippen molar-refractivity contribution in [2.75, 3.05) is 18.9 Å². The minimum Gasteiger partial charge on any atom is -0.372 e. The predicted octanol–water partition coefficient (Wildman–Crippen LogP) is 2.02. The molecule has 0 fully saturated rings. The second kappa shape index (κ2) is 6.33. The van der Waals surface area contributed by atoms with Gasteiger partial charge in [0.15, 0.2) is 5.69 Å². The lowest BCUT2D eigenvalue weighted by molar-refractivity contribution is 0.0674. The average molecular weight is 250 g/mol. The zero-order valence-electron chi connectivity index (χ0n) is 11.8. The molecule has 1 heterocycles. The summed E-state index contributed by atoms with van der Waals surface area (Å²) < 4.78 is 0. The van der Waals surface area contributed by atoms with E-state index < -0.39 is 0 Å². The SMILES string of the molecule is CNc1ccc(C(=O)N(CC(C)C)C(C)C)nn1. The lowest BCUT2D eigenvalue weighted by atomic mass is 10.1. The molecule has 0 aliphatic heterocycles. The number of carbonyl (C=O) groups excluding carboxylic acids is 1. The molecule has 0 radical (unpaired) electrons. The molecule has 0 spiro atoms. The van der Waals surface area contributed by atoms with Crippen molar-refractivity contribution in [1.82, 2.24) is 15.1 Å². The maximum absolute atomic E-state index is 12.3. The molecule has 1 amide bonds. The monoisotopic (exact) mass is 250 g/mol. The van der Waals surface area contributed by atoms with Crippen molar-refractivity contribution in [1.29, 1.82) is 0 Å². The molecule has 0 aliphatic carbocycles. The number of hydrogen-bond acceptors (Lipinski definition) is 4. The van der Waals surface area contributed by atoms with Crippen molar-refractivity contribution < 1.29 is 4.79 Å². The number of amides is 1. The Balaban J connectivity index is 2.87. The van der Waals surface area contributed by atoms with Gasteiger partial charge in [-0.3, -0.25) is 4.79 Å². The molecule has 1 N–H and O–H groups in total. The Morgan fingerprint density at radius 1 is 1.28 bits per heavy atom. The Kier molecular flexibility index (Phi) is 5.07. The largest absolute Gasteiger partial charge is 0.372 e. The Morgan fingerprint density at radius 3 is 2.33 bits per heavy atom. The zero-order chi connectivity index (χ0) is 13.7. The van der Waals surface area contributed by atoms with Crippen LogP contribution < -0.4 is 5.32 Å².